The van der Waals surface area contributed by atoms with E-state index < -0.39 is 0 Å². The van der Waals surface area contributed by atoms with E-state index in [-0.39, 0.29) is 10.8 Å². The average Bonchev–Trinajstić information content (AvgIpc) is 2.05. The van der Waals surface area contributed by atoms with E-state index in [1.165, 1.54) is 0 Å². The minimum Gasteiger partial charge on any atom is -0.0775 e. The molecule has 0 aromatic rings. The third-order valence-corrected chi connectivity index (χ3v) is 4.57. The van der Waals surface area contributed by atoms with Gasteiger partial charge in [-0.25, -0.2) is 0 Å². The molecule has 0 N–H and O–H groups in total. The Morgan fingerprint density at radius 3 is 1.94 bits per heavy atom. The number of rotatable bonds is 0. The Kier molecular flexibility index (Phi) is 3.18. The van der Waals surface area contributed by atoms with Gasteiger partial charge in [0.15, 0.2) is 0 Å². The third-order valence-electron chi connectivity index (χ3n) is 4.57. The number of hydrogen-bond acceptors (Lipinski definition) is 0. The molecule has 0 saturated heterocycles. The van der Waals surface area contributed by atoms with Crippen LogP contribution in [-0.2, 0) is 0 Å². The van der Waals surface area contributed by atoms with E-state index in [2.05, 4.69) is 73.6 Å². The van der Waals surface area contributed by atoms with Crippen LogP contribution in [0.15, 0.2) is 23.8 Å². The second-order valence-corrected chi connectivity index (χ2v) is 7.49. The van der Waals surface area contributed by atoms with Gasteiger partial charge in [-0.15, -0.1) is 0 Å². The molecule has 0 heteroatoms. The Morgan fingerprint density at radius 2 is 1.56 bits per heavy atom. The number of hydrogen-bond donors (Lipinski definition) is 0. The molecule has 0 saturated carbocycles. The zero-order valence-electron chi connectivity index (χ0n) is 12.3. The van der Waals surface area contributed by atoms with Crippen molar-refractivity contribution in [3.05, 3.63) is 23.8 Å². The molecule has 0 bridgehead atoms. The van der Waals surface area contributed by atoms with Gasteiger partial charge in [0, 0.05) is 0 Å². The summed E-state index contributed by atoms with van der Waals surface area (Å²) in [5.41, 5.74) is 2.40. The maximum atomic E-state index is 2.40. The summed E-state index contributed by atoms with van der Waals surface area (Å²) in [4.78, 5) is 0. The Hall–Kier alpha value is -0.520. The van der Waals surface area contributed by atoms with Crippen molar-refractivity contribution in [1.82, 2.24) is 0 Å². The predicted molar refractivity (Wildman–Crippen MR) is 73.4 cm³/mol. The fourth-order valence-electron chi connectivity index (χ4n) is 2.76. The van der Waals surface area contributed by atoms with Gasteiger partial charge >= 0.3 is 0 Å². The normalized spacial score (nSPS) is 31.5. The van der Waals surface area contributed by atoms with Gasteiger partial charge in [-0.2, -0.15) is 0 Å². The largest absolute Gasteiger partial charge is 0.0775 e. The van der Waals surface area contributed by atoms with Gasteiger partial charge in [0.1, 0.15) is 0 Å². The van der Waals surface area contributed by atoms with Crippen molar-refractivity contribution in [3.63, 3.8) is 0 Å². The van der Waals surface area contributed by atoms with Gasteiger partial charge in [0.2, 0.25) is 0 Å². The van der Waals surface area contributed by atoms with Crippen molar-refractivity contribution in [2.24, 2.45) is 22.2 Å². The number of allylic oxidation sites excluding steroid dienone is 4. The smallest absolute Gasteiger partial charge is 0.00319 e. The highest BCUT2D eigenvalue weighted by Gasteiger charge is 2.44. The fourth-order valence-corrected chi connectivity index (χ4v) is 2.76. The van der Waals surface area contributed by atoms with E-state index in [0.29, 0.717) is 11.3 Å². The summed E-state index contributed by atoms with van der Waals surface area (Å²) >= 11 is 0. The summed E-state index contributed by atoms with van der Waals surface area (Å²) in [6.45, 7) is 18.8. The molecule has 2 atom stereocenters. The lowest BCUT2D eigenvalue weighted by Crippen LogP contribution is -2.41. The maximum Gasteiger partial charge on any atom is -0.00319 e. The average molecular weight is 220 g/mol. The summed E-state index contributed by atoms with van der Waals surface area (Å²) in [6, 6.07) is 0. The first-order valence-corrected chi connectivity index (χ1v) is 6.40. The molecule has 0 heterocycles. The van der Waals surface area contributed by atoms with Gasteiger partial charge in [0.05, 0.1) is 0 Å². The van der Waals surface area contributed by atoms with Crippen LogP contribution < -0.4 is 0 Å². The van der Waals surface area contributed by atoms with Crippen molar-refractivity contribution >= 4 is 0 Å². The summed E-state index contributed by atoms with van der Waals surface area (Å²) in [7, 11) is 0. The molecular weight excluding hydrogens is 192 g/mol. The SMILES string of the molecule is CC1C(C(C)(C)C)=CC=CC1(C)C(C)(C)C. The zero-order valence-corrected chi connectivity index (χ0v) is 12.3. The van der Waals surface area contributed by atoms with E-state index in [1.54, 1.807) is 5.57 Å². The van der Waals surface area contributed by atoms with Crippen molar-refractivity contribution in [2.75, 3.05) is 0 Å². The maximum absolute atomic E-state index is 2.40. The summed E-state index contributed by atoms with van der Waals surface area (Å²) in [5.74, 6) is 0.609. The van der Waals surface area contributed by atoms with Crippen LogP contribution in [0.25, 0.3) is 0 Å². The van der Waals surface area contributed by atoms with Crippen molar-refractivity contribution in [2.45, 2.75) is 55.4 Å². The highest BCUT2D eigenvalue weighted by Crippen LogP contribution is 2.53. The van der Waals surface area contributed by atoms with Gasteiger partial charge in [-0.1, -0.05) is 79.2 Å². The van der Waals surface area contributed by atoms with Crippen LogP contribution in [0.4, 0.5) is 0 Å². The van der Waals surface area contributed by atoms with Gasteiger partial charge in [-0.3, -0.25) is 0 Å². The quantitative estimate of drug-likeness (QED) is 0.525. The summed E-state index contributed by atoms with van der Waals surface area (Å²) in [6.07, 6.45) is 6.97. The molecular formula is C16H28. The molecule has 1 aliphatic rings. The van der Waals surface area contributed by atoms with Crippen LogP contribution in [0, 0.1) is 22.2 Å². The van der Waals surface area contributed by atoms with E-state index in [1.807, 2.05) is 0 Å². The standard InChI is InChI=1S/C16H28/c1-12-13(14(2,3)4)10-9-11-16(12,8)15(5,6)7/h9-12H,1-8H3. The molecule has 0 radical (unpaired) electrons. The topological polar surface area (TPSA) is 0 Å². The first-order valence-electron chi connectivity index (χ1n) is 6.40. The van der Waals surface area contributed by atoms with E-state index >= 15 is 0 Å². The highest BCUT2D eigenvalue weighted by atomic mass is 14.5. The van der Waals surface area contributed by atoms with E-state index in [4.69, 9.17) is 0 Å². The molecule has 0 fully saturated rings. The lowest BCUT2D eigenvalue weighted by atomic mass is 9.55. The molecule has 16 heavy (non-hydrogen) atoms. The van der Waals surface area contributed by atoms with E-state index in [0.717, 1.165) is 0 Å². The van der Waals surface area contributed by atoms with Crippen LogP contribution in [0.5, 0.6) is 0 Å². The van der Waals surface area contributed by atoms with Crippen LogP contribution in [0.2, 0.25) is 0 Å². The fraction of sp³-hybridized carbons (Fsp3) is 0.750. The summed E-state index contributed by atoms with van der Waals surface area (Å²) in [5, 5.41) is 0. The first-order chi connectivity index (χ1) is 7.00. The lowest BCUT2D eigenvalue weighted by Gasteiger charge is -2.49. The van der Waals surface area contributed by atoms with Crippen LogP contribution in [-0.4, -0.2) is 0 Å². The van der Waals surface area contributed by atoms with Gasteiger partial charge in [0.25, 0.3) is 0 Å². The lowest BCUT2D eigenvalue weighted by molar-refractivity contribution is 0.104. The molecule has 0 aromatic heterocycles. The van der Waals surface area contributed by atoms with E-state index in [9.17, 15) is 0 Å². The van der Waals surface area contributed by atoms with Crippen molar-refractivity contribution < 1.29 is 0 Å². The van der Waals surface area contributed by atoms with Gasteiger partial charge < -0.3 is 0 Å². The predicted octanol–water partition coefficient (Wildman–Crippen LogP) is 5.22. The molecule has 0 nitrogen and oxygen atoms in total. The molecule has 92 valence electrons. The van der Waals surface area contributed by atoms with Gasteiger partial charge in [-0.05, 0) is 22.2 Å². The first kappa shape index (κ1) is 13.5. The van der Waals surface area contributed by atoms with Crippen molar-refractivity contribution in [1.29, 1.82) is 0 Å². The summed E-state index contributed by atoms with van der Waals surface area (Å²) < 4.78 is 0. The molecule has 0 spiro atoms. The van der Waals surface area contributed by atoms with Crippen molar-refractivity contribution in [3.8, 4) is 0 Å². The Balaban J connectivity index is 3.18. The van der Waals surface area contributed by atoms with Crippen LogP contribution >= 0.6 is 0 Å². The Morgan fingerprint density at radius 1 is 1.06 bits per heavy atom. The third kappa shape index (κ3) is 2.12. The highest BCUT2D eigenvalue weighted by molar-refractivity contribution is 5.31. The molecule has 0 aliphatic heterocycles. The Labute approximate surface area is 102 Å². The Bertz CT molecular complexity index is 317. The minimum atomic E-state index is 0.254. The van der Waals surface area contributed by atoms with Crippen LogP contribution in [0.1, 0.15) is 55.4 Å². The molecule has 2 unspecified atom stereocenters. The molecule has 0 amide bonds. The van der Waals surface area contributed by atoms with Crippen LogP contribution in [0.3, 0.4) is 0 Å². The second-order valence-electron chi connectivity index (χ2n) is 7.49. The minimum absolute atomic E-state index is 0.254. The zero-order chi connectivity index (χ0) is 12.8. The molecule has 1 aliphatic carbocycles. The second kappa shape index (κ2) is 3.75. The molecule has 0 aromatic carbocycles. The monoisotopic (exact) mass is 220 g/mol. The molecule has 1 rings (SSSR count).